The maximum absolute atomic E-state index is 12.2. The maximum atomic E-state index is 12.2. The Balaban J connectivity index is 1.62. The summed E-state index contributed by atoms with van der Waals surface area (Å²) in [5.41, 5.74) is 2.58. The van der Waals surface area contributed by atoms with E-state index in [-0.39, 0.29) is 12.1 Å². The van der Waals surface area contributed by atoms with Gasteiger partial charge < -0.3 is 10.4 Å². The number of carbonyl (C=O) groups is 2. The molecule has 1 aromatic carbocycles. The number of aromatic nitrogens is 4. The SMILES string of the molecule is Cc1ccc(Cn2ccc(NC(=O)c3cnn(CC(=O)O)c3)n2)cc1. The van der Waals surface area contributed by atoms with Crippen molar-refractivity contribution in [2.24, 2.45) is 0 Å². The van der Waals surface area contributed by atoms with Gasteiger partial charge in [0.1, 0.15) is 6.54 Å². The van der Waals surface area contributed by atoms with Gasteiger partial charge in [0.15, 0.2) is 5.82 Å². The number of hydrogen-bond donors (Lipinski definition) is 2. The van der Waals surface area contributed by atoms with Crippen LogP contribution in [0.5, 0.6) is 0 Å². The minimum Gasteiger partial charge on any atom is -0.480 e. The molecule has 8 nitrogen and oxygen atoms in total. The zero-order valence-corrected chi connectivity index (χ0v) is 13.6. The van der Waals surface area contributed by atoms with E-state index in [2.05, 4.69) is 15.5 Å². The molecule has 0 aliphatic heterocycles. The third-order valence-corrected chi connectivity index (χ3v) is 3.54. The van der Waals surface area contributed by atoms with Crippen LogP contribution in [-0.4, -0.2) is 36.5 Å². The molecule has 0 saturated heterocycles. The van der Waals surface area contributed by atoms with E-state index >= 15 is 0 Å². The first-order valence-electron chi connectivity index (χ1n) is 7.64. The Bertz CT molecular complexity index is 895. The predicted molar refractivity (Wildman–Crippen MR) is 90.3 cm³/mol. The van der Waals surface area contributed by atoms with Crippen molar-refractivity contribution in [3.8, 4) is 0 Å². The Morgan fingerprint density at radius 2 is 1.92 bits per heavy atom. The van der Waals surface area contributed by atoms with Crippen LogP contribution in [0.3, 0.4) is 0 Å². The smallest absolute Gasteiger partial charge is 0.325 e. The standard InChI is InChI=1S/C17H17N5O3/c1-12-2-4-13(5-3-12)9-21-7-6-15(20-21)19-17(25)14-8-18-22(10-14)11-16(23)24/h2-8,10H,9,11H2,1H3,(H,23,24)(H,19,20,25). The van der Waals surface area contributed by atoms with E-state index in [1.54, 1.807) is 16.9 Å². The van der Waals surface area contributed by atoms with Crippen molar-refractivity contribution in [1.29, 1.82) is 0 Å². The second-order valence-electron chi connectivity index (χ2n) is 5.66. The first-order chi connectivity index (χ1) is 12.0. The normalized spacial score (nSPS) is 10.6. The lowest BCUT2D eigenvalue weighted by molar-refractivity contribution is -0.137. The van der Waals surface area contributed by atoms with E-state index in [9.17, 15) is 9.59 Å². The Morgan fingerprint density at radius 1 is 1.16 bits per heavy atom. The molecule has 3 aromatic rings. The molecule has 128 valence electrons. The van der Waals surface area contributed by atoms with E-state index in [1.807, 2.05) is 31.2 Å². The van der Waals surface area contributed by atoms with Crippen molar-refractivity contribution in [1.82, 2.24) is 19.6 Å². The van der Waals surface area contributed by atoms with Crippen molar-refractivity contribution in [3.63, 3.8) is 0 Å². The van der Waals surface area contributed by atoms with Crippen LogP contribution in [0, 0.1) is 6.92 Å². The number of aryl methyl sites for hydroxylation is 1. The number of nitrogens with one attached hydrogen (secondary N) is 1. The number of carboxylic acids is 1. The van der Waals surface area contributed by atoms with Gasteiger partial charge in [-0.15, -0.1) is 0 Å². The van der Waals surface area contributed by atoms with Gasteiger partial charge in [-0.05, 0) is 12.5 Å². The lowest BCUT2D eigenvalue weighted by atomic mass is 10.1. The average Bonchev–Trinajstić information content (AvgIpc) is 3.19. The molecule has 0 spiro atoms. The summed E-state index contributed by atoms with van der Waals surface area (Å²) in [5.74, 6) is -0.995. The highest BCUT2D eigenvalue weighted by molar-refractivity contribution is 6.03. The molecule has 1 amide bonds. The topological polar surface area (TPSA) is 102 Å². The van der Waals surface area contributed by atoms with Crippen LogP contribution in [0.4, 0.5) is 5.82 Å². The highest BCUT2D eigenvalue weighted by Gasteiger charge is 2.11. The minimum atomic E-state index is -1.02. The Morgan fingerprint density at radius 3 is 2.64 bits per heavy atom. The van der Waals surface area contributed by atoms with Crippen molar-refractivity contribution < 1.29 is 14.7 Å². The maximum Gasteiger partial charge on any atom is 0.325 e. The van der Waals surface area contributed by atoms with Crippen LogP contribution >= 0.6 is 0 Å². The first kappa shape index (κ1) is 16.4. The summed E-state index contributed by atoms with van der Waals surface area (Å²) in [6.07, 6.45) is 4.48. The molecule has 0 radical (unpaired) electrons. The van der Waals surface area contributed by atoms with Crippen LogP contribution < -0.4 is 5.32 Å². The number of carboxylic acid groups (broad SMARTS) is 1. The first-order valence-corrected chi connectivity index (χ1v) is 7.64. The van der Waals surface area contributed by atoms with E-state index in [4.69, 9.17) is 5.11 Å². The van der Waals surface area contributed by atoms with Gasteiger partial charge in [-0.1, -0.05) is 29.8 Å². The molecule has 8 heteroatoms. The number of hydrogen-bond acceptors (Lipinski definition) is 4. The molecule has 0 aliphatic rings. The van der Waals surface area contributed by atoms with Gasteiger partial charge in [-0.2, -0.15) is 10.2 Å². The summed E-state index contributed by atoms with van der Waals surface area (Å²) in [6, 6.07) is 9.85. The predicted octanol–water partition coefficient (Wildman–Crippen LogP) is 1.77. The molecule has 0 bridgehead atoms. The molecule has 0 saturated carbocycles. The van der Waals surface area contributed by atoms with Gasteiger partial charge in [0.25, 0.3) is 5.91 Å². The lowest BCUT2D eigenvalue weighted by Crippen LogP contribution is -2.13. The van der Waals surface area contributed by atoms with E-state index in [0.29, 0.717) is 12.4 Å². The van der Waals surface area contributed by atoms with Gasteiger partial charge in [0.2, 0.25) is 0 Å². The number of carbonyl (C=O) groups excluding carboxylic acids is 1. The number of anilines is 1. The second-order valence-corrected chi connectivity index (χ2v) is 5.66. The molecule has 25 heavy (non-hydrogen) atoms. The summed E-state index contributed by atoms with van der Waals surface area (Å²) < 4.78 is 2.92. The zero-order valence-electron chi connectivity index (χ0n) is 13.6. The lowest BCUT2D eigenvalue weighted by Gasteiger charge is -2.03. The second kappa shape index (κ2) is 7.00. The molecule has 0 unspecified atom stereocenters. The highest BCUT2D eigenvalue weighted by Crippen LogP contribution is 2.09. The molecular weight excluding hydrogens is 322 g/mol. The van der Waals surface area contributed by atoms with Gasteiger partial charge >= 0.3 is 5.97 Å². The summed E-state index contributed by atoms with van der Waals surface area (Å²) in [4.78, 5) is 22.8. The van der Waals surface area contributed by atoms with Crippen LogP contribution in [0.2, 0.25) is 0 Å². The fraction of sp³-hybridized carbons (Fsp3) is 0.176. The Hall–Kier alpha value is -3.42. The third-order valence-electron chi connectivity index (χ3n) is 3.54. The van der Waals surface area contributed by atoms with Gasteiger partial charge in [-0.25, -0.2) is 0 Å². The van der Waals surface area contributed by atoms with Crippen LogP contribution in [-0.2, 0) is 17.9 Å². The number of amides is 1. The fourth-order valence-corrected chi connectivity index (χ4v) is 2.29. The molecule has 3 rings (SSSR count). The molecular formula is C17H17N5O3. The van der Waals surface area contributed by atoms with Crippen LogP contribution in [0.1, 0.15) is 21.5 Å². The van der Waals surface area contributed by atoms with E-state index in [1.165, 1.54) is 22.6 Å². The van der Waals surface area contributed by atoms with Gasteiger partial charge in [0, 0.05) is 18.5 Å². The zero-order chi connectivity index (χ0) is 17.8. The molecule has 2 heterocycles. The van der Waals surface area contributed by atoms with Crippen LogP contribution in [0.15, 0.2) is 48.9 Å². The quantitative estimate of drug-likeness (QED) is 0.712. The summed E-state index contributed by atoms with van der Waals surface area (Å²) in [6.45, 7) is 2.34. The molecule has 0 aliphatic carbocycles. The average molecular weight is 339 g/mol. The largest absolute Gasteiger partial charge is 0.480 e. The summed E-state index contributed by atoms with van der Waals surface area (Å²) in [7, 11) is 0. The van der Waals surface area contributed by atoms with Gasteiger partial charge in [0.05, 0.1) is 18.3 Å². The van der Waals surface area contributed by atoms with Crippen molar-refractivity contribution >= 4 is 17.7 Å². The van der Waals surface area contributed by atoms with Crippen molar-refractivity contribution in [2.75, 3.05) is 5.32 Å². The number of benzene rings is 1. The van der Waals surface area contributed by atoms with Gasteiger partial charge in [-0.3, -0.25) is 19.0 Å². The third kappa shape index (κ3) is 4.31. The van der Waals surface area contributed by atoms with Crippen molar-refractivity contribution in [3.05, 3.63) is 65.6 Å². The number of aliphatic carboxylic acids is 1. The number of rotatable bonds is 6. The fourth-order valence-electron chi connectivity index (χ4n) is 2.29. The Kier molecular flexibility index (Phi) is 4.60. The molecule has 2 aromatic heterocycles. The molecule has 2 N–H and O–H groups in total. The van der Waals surface area contributed by atoms with Crippen molar-refractivity contribution in [2.45, 2.75) is 20.0 Å². The summed E-state index contributed by atoms with van der Waals surface area (Å²) >= 11 is 0. The monoisotopic (exact) mass is 339 g/mol. The molecule has 0 atom stereocenters. The van der Waals surface area contributed by atoms with E-state index in [0.717, 1.165) is 5.56 Å². The molecule has 0 fully saturated rings. The summed E-state index contributed by atoms with van der Waals surface area (Å²) in [5, 5.41) is 19.5. The number of nitrogens with zero attached hydrogens (tertiary/aromatic N) is 4. The van der Waals surface area contributed by atoms with Crippen LogP contribution in [0.25, 0.3) is 0 Å². The highest BCUT2D eigenvalue weighted by atomic mass is 16.4. The Labute approximate surface area is 143 Å². The van der Waals surface area contributed by atoms with E-state index < -0.39 is 11.9 Å². The minimum absolute atomic E-state index is 0.273.